The number of piperidine rings is 1. The molecular weight excluding hydrogens is 579 g/mol. The molecule has 0 aromatic heterocycles. The highest BCUT2D eigenvalue weighted by Crippen LogP contribution is 2.46. The van der Waals surface area contributed by atoms with Gasteiger partial charge in [0.2, 0.25) is 0 Å². The van der Waals surface area contributed by atoms with Gasteiger partial charge < -0.3 is 18.9 Å². The maximum atomic E-state index is 6.55. The summed E-state index contributed by atoms with van der Waals surface area (Å²) in [6, 6.07) is 17.8. The molecule has 0 atom stereocenters. The van der Waals surface area contributed by atoms with Crippen LogP contribution < -0.4 is 25.4 Å². The van der Waals surface area contributed by atoms with Crippen molar-refractivity contribution < 1.29 is 18.9 Å². The molecule has 3 aromatic rings. The van der Waals surface area contributed by atoms with Gasteiger partial charge in [-0.05, 0) is 80.4 Å². The third kappa shape index (κ3) is 8.67. The van der Waals surface area contributed by atoms with Crippen molar-refractivity contribution in [3.05, 3.63) is 76.3 Å². The quantitative estimate of drug-likeness (QED) is 0.125. The molecule has 45 heavy (non-hydrogen) atoms. The van der Waals surface area contributed by atoms with Gasteiger partial charge in [-0.3, -0.25) is 5.01 Å². The first-order valence-corrected chi connectivity index (χ1v) is 17.4. The highest BCUT2D eigenvalue weighted by atomic mass is 31.1. The van der Waals surface area contributed by atoms with Gasteiger partial charge in [-0.1, -0.05) is 77.9 Å². The first-order valence-electron chi connectivity index (χ1n) is 16.1. The Bertz CT molecular complexity index is 1390. The number of methoxy groups -OCH3 is 2. The van der Waals surface area contributed by atoms with Gasteiger partial charge in [0.25, 0.3) is 0 Å². The van der Waals surface area contributed by atoms with Crippen LogP contribution in [0.2, 0.25) is 0 Å². The van der Waals surface area contributed by atoms with Crippen molar-refractivity contribution in [1.29, 1.82) is 0 Å². The second kappa shape index (κ2) is 15.1. The standard InChI is InChI=1S/C38H53N2O4P/c1-27-20-30(37(3,4)5)35(43-25-41-9)33(22-27)45(32-17-13-12-16-29(32)24-39-40-18-14-11-15-19-40)34-23-28(2)21-31(38(6,7)8)36(34)44-26-42-10/h12-13,16-17,20-24H,11,14-15,18-19,25-26H2,1-10H3/b39-24+. The van der Waals surface area contributed by atoms with E-state index in [1.54, 1.807) is 14.2 Å². The summed E-state index contributed by atoms with van der Waals surface area (Å²) >= 11 is 0. The lowest BCUT2D eigenvalue weighted by Gasteiger charge is -2.32. The molecule has 0 bridgehead atoms. The highest BCUT2D eigenvalue weighted by molar-refractivity contribution is 7.80. The summed E-state index contributed by atoms with van der Waals surface area (Å²) in [5.74, 6) is 1.75. The predicted octanol–water partition coefficient (Wildman–Crippen LogP) is 7.44. The first-order chi connectivity index (χ1) is 21.3. The van der Waals surface area contributed by atoms with E-state index in [2.05, 4.69) is 115 Å². The van der Waals surface area contributed by atoms with Gasteiger partial charge >= 0.3 is 0 Å². The Hall–Kier alpha value is -2.92. The maximum Gasteiger partial charge on any atom is 0.188 e. The molecule has 7 heteroatoms. The molecule has 1 saturated heterocycles. The number of aryl methyl sites for hydroxylation is 2. The zero-order valence-electron chi connectivity index (χ0n) is 29.1. The minimum atomic E-state index is -1.20. The van der Waals surface area contributed by atoms with E-state index in [0.29, 0.717) is 0 Å². The van der Waals surface area contributed by atoms with Gasteiger partial charge in [-0.25, -0.2) is 0 Å². The minimum Gasteiger partial charge on any atom is -0.467 e. The number of ether oxygens (including phenoxy) is 4. The number of rotatable bonds is 11. The largest absolute Gasteiger partial charge is 0.467 e. The van der Waals surface area contributed by atoms with E-state index < -0.39 is 7.92 Å². The molecule has 4 rings (SSSR count). The van der Waals surface area contributed by atoms with Gasteiger partial charge in [-0.2, -0.15) is 5.10 Å². The molecule has 0 saturated carbocycles. The van der Waals surface area contributed by atoms with Gasteiger partial charge in [0.15, 0.2) is 13.6 Å². The third-order valence-electron chi connectivity index (χ3n) is 8.04. The van der Waals surface area contributed by atoms with Crippen LogP contribution in [0.1, 0.15) is 88.6 Å². The molecule has 0 radical (unpaired) electrons. The number of nitrogens with zero attached hydrogens (tertiary/aromatic N) is 2. The second-order valence-corrected chi connectivity index (χ2v) is 16.2. The number of benzene rings is 3. The molecule has 1 fully saturated rings. The van der Waals surface area contributed by atoms with Crippen LogP contribution >= 0.6 is 7.92 Å². The Kier molecular flexibility index (Phi) is 11.7. The van der Waals surface area contributed by atoms with Crippen molar-refractivity contribution in [2.24, 2.45) is 5.10 Å². The zero-order chi connectivity index (χ0) is 32.8. The summed E-state index contributed by atoms with van der Waals surface area (Å²) in [5, 5.41) is 10.7. The third-order valence-corrected chi connectivity index (χ3v) is 10.6. The van der Waals surface area contributed by atoms with Gasteiger partial charge in [0.05, 0.1) is 6.21 Å². The van der Waals surface area contributed by atoms with Crippen molar-refractivity contribution in [3.8, 4) is 11.5 Å². The molecule has 0 N–H and O–H groups in total. The number of hydrogen-bond acceptors (Lipinski definition) is 6. The van der Waals surface area contributed by atoms with Crippen LogP contribution in [0.3, 0.4) is 0 Å². The van der Waals surface area contributed by atoms with Crippen LogP contribution in [0.15, 0.2) is 53.6 Å². The number of hydrazone groups is 1. The molecule has 0 amide bonds. The minimum absolute atomic E-state index is 0.154. The van der Waals surface area contributed by atoms with Crippen LogP contribution in [0.4, 0.5) is 0 Å². The summed E-state index contributed by atoms with van der Waals surface area (Å²) in [6.07, 6.45) is 5.70. The fraction of sp³-hybridized carbons (Fsp3) is 0.500. The fourth-order valence-electron chi connectivity index (χ4n) is 5.82. The average Bonchev–Trinajstić information content (AvgIpc) is 2.99. The van der Waals surface area contributed by atoms with E-state index in [1.807, 2.05) is 0 Å². The van der Waals surface area contributed by atoms with E-state index in [9.17, 15) is 0 Å². The monoisotopic (exact) mass is 632 g/mol. The molecule has 0 aliphatic carbocycles. The molecule has 0 spiro atoms. The van der Waals surface area contributed by atoms with Crippen LogP contribution in [-0.2, 0) is 20.3 Å². The number of hydrogen-bond donors (Lipinski definition) is 0. The Balaban J connectivity index is 2.10. The summed E-state index contributed by atoms with van der Waals surface area (Å²) in [7, 11) is 2.15. The van der Waals surface area contributed by atoms with E-state index in [4.69, 9.17) is 24.0 Å². The second-order valence-electron chi connectivity index (χ2n) is 14.1. The average molecular weight is 633 g/mol. The van der Waals surface area contributed by atoms with Gasteiger partial charge in [0, 0.05) is 54.6 Å². The molecule has 244 valence electrons. The molecule has 1 aliphatic rings. The van der Waals surface area contributed by atoms with Crippen LogP contribution in [0.25, 0.3) is 0 Å². The van der Waals surface area contributed by atoms with Gasteiger partial charge in [0.1, 0.15) is 11.5 Å². The molecule has 3 aromatic carbocycles. The van der Waals surface area contributed by atoms with Crippen molar-refractivity contribution in [1.82, 2.24) is 5.01 Å². The maximum absolute atomic E-state index is 6.55. The molecule has 6 nitrogen and oxygen atoms in total. The summed E-state index contributed by atoms with van der Waals surface area (Å²) < 4.78 is 24.1. The Morgan fingerprint density at radius 3 is 1.67 bits per heavy atom. The lowest BCUT2D eigenvalue weighted by Crippen LogP contribution is -2.30. The van der Waals surface area contributed by atoms with E-state index in [-0.39, 0.29) is 24.4 Å². The molecule has 1 aliphatic heterocycles. The molecule has 1 heterocycles. The topological polar surface area (TPSA) is 52.5 Å². The van der Waals surface area contributed by atoms with Crippen molar-refractivity contribution in [2.75, 3.05) is 40.9 Å². The summed E-state index contributed by atoms with van der Waals surface area (Å²) in [5.41, 5.74) is 5.48. The fourth-order valence-corrected chi connectivity index (χ4v) is 8.67. The van der Waals surface area contributed by atoms with E-state index >= 15 is 0 Å². The Morgan fingerprint density at radius 2 is 1.20 bits per heavy atom. The SMILES string of the molecule is COCOc1c(P(c2ccccc2/C=N/N2CCCCC2)c2cc(C)cc(C(C)(C)C)c2OCOC)cc(C)cc1C(C)(C)C. The smallest absolute Gasteiger partial charge is 0.188 e. The molecular formula is C38H53N2O4P. The Labute approximate surface area is 272 Å². The van der Waals surface area contributed by atoms with Crippen LogP contribution in [0, 0.1) is 13.8 Å². The Morgan fingerprint density at radius 1 is 0.711 bits per heavy atom. The normalized spacial score (nSPS) is 14.4. The van der Waals surface area contributed by atoms with Crippen LogP contribution in [-0.4, -0.2) is 52.1 Å². The van der Waals surface area contributed by atoms with Crippen molar-refractivity contribution >= 4 is 30.0 Å². The van der Waals surface area contributed by atoms with E-state index in [1.165, 1.54) is 35.7 Å². The molecule has 0 unspecified atom stereocenters. The van der Waals surface area contributed by atoms with Gasteiger partial charge in [-0.15, -0.1) is 0 Å². The predicted molar refractivity (Wildman–Crippen MR) is 190 cm³/mol. The first kappa shape index (κ1) is 34.9. The zero-order valence-corrected chi connectivity index (χ0v) is 30.0. The lowest BCUT2D eigenvalue weighted by molar-refractivity contribution is 0.0506. The lowest BCUT2D eigenvalue weighted by atomic mass is 9.85. The van der Waals surface area contributed by atoms with Crippen molar-refractivity contribution in [2.45, 2.75) is 85.5 Å². The highest BCUT2D eigenvalue weighted by Gasteiger charge is 2.33. The van der Waals surface area contributed by atoms with E-state index in [0.717, 1.165) is 51.9 Å². The van der Waals surface area contributed by atoms with Crippen LogP contribution in [0.5, 0.6) is 11.5 Å². The van der Waals surface area contributed by atoms with Crippen molar-refractivity contribution in [3.63, 3.8) is 0 Å². The summed E-state index contributed by atoms with van der Waals surface area (Å²) in [4.78, 5) is 0. The summed E-state index contributed by atoms with van der Waals surface area (Å²) in [6.45, 7) is 20.1.